The second-order valence-corrected chi connectivity index (χ2v) is 9.01. The number of imidazole rings is 1. The van der Waals surface area contributed by atoms with Crippen molar-refractivity contribution in [3.8, 4) is 10.6 Å². The minimum absolute atomic E-state index is 0.238. The molecule has 2 N–H and O–H groups in total. The van der Waals surface area contributed by atoms with Crippen LogP contribution in [0.1, 0.15) is 15.4 Å². The Hall–Kier alpha value is -4.51. The Balaban J connectivity index is 1.46. The number of aromatic nitrogens is 4. The number of pyridine rings is 1. The highest BCUT2D eigenvalue weighted by Crippen LogP contribution is 2.29. The molecule has 0 aliphatic heterocycles. The van der Waals surface area contributed by atoms with Gasteiger partial charge in [-0.05, 0) is 42.5 Å². The Bertz CT molecular complexity index is 1510. The fraction of sp³-hybridized carbons (Fsp3) is 0.160. The van der Waals surface area contributed by atoms with Crippen molar-refractivity contribution >= 4 is 45.9 Å². The largest absolute Gasteiger partial charge is 0.443 e. The molecule has 0 spiro atoms. The van der Waals surface area contributed by atoms with Crippen molar-refractivity contribution < 1.29 is 14.0 Å². The van der Waals surface area contributed by atoms with Crippen LogP contribution in [0.5, 0.6) is 0 Å². The van der Waals surface area contributed by atoms with Crippen molar-refractivity contribution in [2.45, 2.75) is 13.0 Å². The van der Waals surface area contributed by atoms with E-state index in [2.05, 4.69) is 20.6 Å². The summed E-state index contributed by atoms with van der Waals surface area (Å²) in [5, 5.41) is 5.57. The Morgan fingerprint density at radius 1 is 1.17 bits per heavy atom. The van der Waals surface area contributed by atoms with Crippen LogP contribution in [-0.4, -0.2) is 45.6 Å². The highest BCUT2D eigenvalue weighted by Gasteiger charge is 2.19. The molecule has 36 heavy (non-hydrogen) atoms. The van der Waals surface area contributed by atoms with Gasteiger partial charge in [0, 0.05) is 44.6 Å². The van der Waals surface area contributed by atoms with Gasteiger partial charge in [0.15, 0.2) is 12.2 Å². The summed E-state index contributed by atoms with van der Waals surface area (Å²) >= 11 is 1.31. The van der Waals surface area contributed by atoms with Gasteiger partial charge in [0.05, 0.1) is 27.0 Å². The molecule has 0 unspecified atom stereocenters. The molecular weight excluding hydrogens is 478 g/mol. The topological polar surface area (TPSA) is 118 Å². The number of urea groups is 1. The van der Waals surface area contributed by atoms with Gasteiger partial charge in [0.25, 0.3) is 5.91 Å². The number of fused-ring (bicyclic) bond motifs is 1. The Labute approximate surface area is 210 Å². The van der Waals surface area contributed by atoms with E-state index in [-0.39, 0.29) is 11.9 Å². The average molecular weight is 502 g/mol. The van der Waals surface area contributed by atoms with Crippen molar-refractivity contribution in [3.63, 3.8) is 0 Å². The zero-order valence-corrected chi connectivity index (χ0v) is 20.5. The molecule has 0 saturated carbocycles. The van der Waals surface area contributed by atoms with E-state index in [0.717, 1.165) is 16.1 Å². The first-order chi connectivity index (χ1) is 17.5. The summed E-state index contributed by atoms with van der Waals surface area (Å²) in [6, 6.07) is 14.7. The molecule has 11 heteroatoms. The third-order valence-corrected chi connectivity index (χ3v) is 6.78. The van der Waals surface area contributed by atoms with E-state index in [0.29, 0.717) is 40.8 Å². The number of hydrogen-bond acceptors (Lipinski definition) is 7. The van der Waals surface area contributed by atoms with Crippen LogP contribution < -0.4 is 15.5 Å². The number of oxazole rings is 1. The molecule has 0 fully saturated rings. The normalized spacial score (nSPS) is 10.9. The van der Waals surface area contributed by atoms with E-state index in [1.165, 1.54) is 22.6 Å². The molecule has 5 aromatic rings. The minimum Gasteiger partial charge on any atom is -0.443 e. The van der Waals surface area contributed by atoms with E-state index in [1.54, 1.807) is 32.6 Å². The zero-order chi connectivity index (χ0) is 25.1. The van der Waals surface area contributed by atoms with Gasteiger partial charge in [-0.3, -0.25) is 20.0 Å². The molecule has 182 valence electrons. The number of nitrogens with one attached hydrogen (secondary N) is 2. The molecule has 0 radical (unpaired) electrons. The first-order valence-corrected chi connectivity index (χ1v) is 12.0. The lowest BCUT2D eigenvalue weighted by Gasteiger charge is -2.16. The number of rotatable bonds is 7. The lowest BCUT2D eigenvalue weighted by Crippen LogP contribution is -2.34. The molecule has 10 nitrogen and oxygen atoms in total. The third-order valence-electron chi connectivity index (χ3n) is 5.69. The maximum Gasteiger partial charge on any atom is 0.321 e. The van der Waals surface area contributed by atoms with E-state index < -0.39 is 0 Å². The van der Waals surface area contributed by atoms with Crippen molar-refractivity contribution in [1.29, 1.82) is 0 Å². The van der Waals surface area contributed by atoms with Crippen molar-refractivity contribution in [2.24, 2.45) is 0 Å². The summed E-state index contributed by atoms with van der Waals surface area (Å²) in [6.07, 6.45) is 5.38. The van der Waals surface area contributed by atoms with E-state index in [4.69, 9.17) is 9.40 Å². The Morgan fingerprint density at radius 3 is 2.81 bits per heavy atom. The molecule has 0 aliphatic carbocycles. The van der Waals surface area contributed by atoms with Gasteiger partial charge in [-0.1, -0.05) is 6.07 Å². The predicted molar refractivity (Wildman–Crippen MR) is 138 cm³/mol. The number of carbonyl (C=O) groups excluding carboxylic acids is 2. The van der Waals surface area contributed by atoms with Crippen LogP contribution in [0.4, 0.5) is 16.4 Å². The van der Waals surface area contributed by atoms with E-state index >= 15 is 0 Å². The van der Waals surface area contributed by atoms with Gasteiger partial charge in [0.1, 0.15) is 0 Å². The first kappa shape index (κ1) is 23.2. The van der Waals surface area contributed by atoms with Crippen LogP contribution in [0.3, 0.4) is 0 Å². The van der Waals surface area contributed by atoms with Gasteiger partial charge >= 0.3 is 6.03 Å². The van der Waals surface area contributed by atoms with Crippen LogP contribution in [-0.2, 0) is 13.0 Å². The van der Waals surface area contributed by atoms with Crippen molar-refractivity contribution in [1.82, 2.24) is 24.8 Å². The summed E-state index contributed by atoms with van der Waals surface area (Å²) in [4.78, 5) is 41.1. The summed E-state index contributed by atoms with van der Waals surface area (Å²) in [5.74, 6) is 0.748. The van der Waals surface area contributed by atoms with Crippen LogP contribution in [0.15, 0.2) is 71.7 Å². The monoisotopic (exact) mass is 501 g/mol. The standard InChI is InChI=1S/C25H23N7O3S/c1-26-25(34)31(2)17-6-7-19-18(13-17)29-24(32(19)12-10-16-5-3-4-11-28-16)30-23(33)22-9-8-21(36-22)20-14-27-15-35-20/h3-9,11,13-15H,10,12H2,1-2H3,(H,26,34)(H,29,30,33). The second-order valence-electron chi connectivity index (χ2n) is 7.93. The van der Waals surface area contributed by atoms with E-state index in [9.17, 15) is 9.59 Å². The Kier molecular flexibility index (Phi) is 6.46. The van der Waals surface area contributed by atoms with Gasteiger partial charge in [0.2, 0.25) is 5.95 Å². The van der Waals surface area contributed by atoms with Gasteiger partial charge in [-0.2, -0.15) is 0 Å². The third kappa shape index (κ3) is 4.68. The fourth-order valence-corrected chi connectivity index (χ4v) is 4.65. The maximum atomic E-state index is 13.1. The highest BCUT2D eigenvalue weighted by molar-refractivity contribution is 7.17. The number of aryl methyl sites for hydroxylation is 2. The molecule has 0 aliphatic rings. The quantitative estimate of drug-likeness (QED) is 0.341. The molecule has 5 rings (SSSR count). The number of anilines is 2. The zero-order valence-electron chi connectivity index (χ0n) is 19.6. The number of carbonyl (C=O) groups is 2. The lowest BCUT2D eigenvalue weighted by molar-refractivity contribution is 0.102. The summed E-state index contributed by atoms with van der Waals surface area (Å²) < 4.78 is 7.29. The SMILES string of the molecule is CNC(=O)N(C)c1ccc2c(c1)nc(NC(=O)c1ccc(-c3cnco3)s1)n2CCc1ccccn1. The molecule has 1 aromatic carbocycles. The van der Waals surface area contributed by atoms with Crippen LogP contribution >= 0.6 is 11.3 Å². The van der Waals surface area contributed by atoms with Gasteiger partial charge < -0.3 is 14.3 Å². The fourth-order valence-electron chi connectivity index (χ4n) is 3.80. The lowest BCUT2D eigenvalue weighted by atomic mass is 10.2. The van der Waals surface area contributed by atoms with E-state index in [1.807, 2.05) is 47.0 Å². The van der Waals surface area contributed by atoms with Crippen molar-refractivity contribution in [3.05, 3.63) is 77.9 Å². The maximum absolute atomic E-state index is 13.1. The van der Waals surface area contributed by atoms with Crippen molar-refractivity contribution in [2.75, 3.05) is 24.3 Å². The molecule has 3 amide bonds. The first-order valence-electron chi connectivity index (χ1n) is 11.2. The number of thiophene rings is 1. The minimum atomic E-state index is -0.275. The average Bonchev–Trinajstić information content (AvgIpc) is 3.67. The van der Waals surface area contributed by atoms with Gasteiger partial charge in [-0.25, -0.2) is 14.8 Å². The molecule has 0 saturated heterocycles. The Morgan fingerprint density at radius 2 is 2.06 bits per heavy atom. The molecule has 0 atom stereocenters. The van der Waals surface area contributed by atoms with Gasteiger partial charge in [-0.15, -0.1) is 11.3 Å². The predicted octanol–water partition coefficient (Wildman–Crippen LogP) is 4.42. The number of nitrogens with zero attached hydrogens (tertiary/aromatic N) is 5. The molecule has 4 aromatic heterocycles. The van der Waals surface area contributed by atoms with Crippen LogP contribution in [0.2, 0.25) is 0 Å². The molecule has 4 heterocycles. The summed E-state index contributed by atoms with van der Waals surface area (Å²) in [7, 11) is 3.26. The second kappa shape index (κ2) is 10.0. The number of benzene rings is 1. The number of amides is 3. The number of hydrogen-bond donors (Lipinski definition) is 2. The smallest absolute Gasteiger partial charge is 0.321 e. The van der Waals surface area contributed by atoms with Crippen LogP contribution in [0, 0.1) is 0 Å². The van der Waals surface area contributed by atoms with Crippen LogP contribution in [0.25, 0.3) is 21.7 Å². The summed E-state index contributed by atoms with van der Waals surface area (Å²) in [5.41, 5.74) is 3.11. The summed E-state index contributed by atoms with van der Waals surface area (Å²) in [6.45, 7) is 0.557. The molecular formula is C25H23N7O3S. The highest BCUT2D eigenvalue weighted by atomic mass is 32.1. The molecule has 0 bridgehead atoms.